The number of aliphatic carboxylic acids is 1. The maximum Gasteiger partial charge on any atom is 0.306 e. The van der Waals surface area contributed by atoms with Gasteiger partial charge in [-0.3, -0.25) is 4.79 Å². The van der Waals surface area contributed by atoms with Crippen molar-refractivity contribution in [1.29, 1.82) is 0 Å². The van der Waals surface area contributed by atoms with Crippen molar-refractivity contribution < 1.29 is 34.3 Å². The first-order valence-corrected chi connectivity index (χ1v) is 12.0. The van der Waals surface area contributed by atoms with E-state index in [0.717, 1.165) is 33.4 Å². The molecule has 0 spiro atoms. The molecule has 0 radical (unpaired) electrons. The zero-order valence-corrected chi connectivity index (χ0v) is 20.9. The highest BCUT2D eigenvalue weighted by atomic mass is 16.5. The molecule has 0 amide bonds. The summed E-state index contributed by atoms with van der Waals surface area (Å²) in [6, 6.07) is 19.3. The van der Waals surface area contributed by atoms with Crippen LogP contribution in [-0.2, 0) is 16.1 Å². The van der Waals surface area contributed by atoms with Gasteiger partial charge in [-0.2, -0.15) is 0 Å². The van der Waals surface area contributed by atoms with Gasteiger partial charge < -0.3 is 29.5 Å². The van der Waals surface area contributed by atoms with Crippen LogP contribution >= 0.6 is 0 Å². The molecule has 3 aromatic carbocycles. The van der Waals surface area contributed by atoms with Crippen LogP contribution in [0.3, 0.4) is 0 Å². The van der Waals surface area contributed by atoms with Crippen LogP contribution in [0.1, 0.15) is 41.7 Å². The summed E-state index contributed by atoms with van der Waals surface area (Å²) in [5.74, 6) is 0.439. The first-order valence-electron chi connectivity index (χ1n) is 12.0. The Morgan fingerprint density at radius 1 is 0.944 bits per heavy atom. The van der Waals surface area contributed by atoms with E-state index in [1.165, 1.54) is 0 Å². The Labute approximate surface area is 211 Å². The summed E-state index contributed by atoms with van der Waals surface area (Å²) in [4.78, 5) is 11.1. The lowest BCUT2D eigenvalue weighted by molar-refractivity contribution is -0.140. The first-order chi connectivity index (χ1) is 17.3. The van der Waals surface area contributed by atoms with Crippen molar-refractivity contribution in [3.8, 4) is 22.6 Å². The molecule has 0 saturated carbocycles. The summed E-state index contributed by atoms with van der Waals surface area (Å²) < 4.78 is 17.2. The molecule has 0 aliphatic heterocycles. The molecule has 7 heteroatoms. The number of hydrogen-bond acceptors (Lipinski definition) is 6. The average Bonchev–Trinajstić information content (AvgIpc) is 2.86. The number of aliphatic hydroxyl groups is 2. The van der Waals surface area contributed by atoms with Crippen LogP contribution in [0.5, 0.6) is 11.5 Å². The first kappa shape index (κ1) is 27.2. The summed E-state index contributed by atoms with van der Waals surface area (Å²) in [6.45, 7) is 6.40. The lowest BCUT2D eigenvalue weighted by Gasteiger charge is -2.16. The highest BCUT2D eigenvalue weighted by Gasteiger charge is 2.16. The Hall–Kier alpha value is -3.39. The van der Waals surface area contributed by atoms with Crippen LogP contribution in [0.2, 0.25) is 0 Å². The third kappa shape index (κ3) is 7.55. The number of carbonyl (C=O) groups is 1. The van der Waals surface area contributed by atoms with Gasteiger partial charge in [-0.05, 0) is 84.5 Å². The predicted molar refractivity (Wildman–Crippen MR) is 137 cm³/mol. The molecule has 3 aromatic rings. The molecule has 0 saturated heterocycles. The number of rotatable bonds is 13. The summed E-state index contributed by atoms with van der Waals surface area (Å²) in [7, 11) is 0. The lowest BCUT2D eigenvalue weighted by atomic mass is 9.94. The van der Waals surface area contributed by atoms with Crippen molar-refractivity contribution in [3.63, 3.8) is 0 Å². The zero-order chi connectivity index (χ0) is 26.1. The normalized spacial score (nSPS) is 12.7. The number of ether oxygens (including phenoxy) is 3. The van der Waals surface area contributed by atoms with Crippen molar-refractivity contribution >= 4 is 5.97 Å². The molecule has 0 unspecified atom stereocenters. The standard InChI is InChI=1S/C29H34O7/c1-4-34-27(15-28(32)33)22-8-10-25(11-9-22)35-17-21-6-5-7-23(14-21)29-19(2)12-26(13-20(29)3)36-18-24(31)16-30/h5-14,24,27,30-31H,4,15-18H2,1-3H3,(H,32,33)/t24-,27-/m0/s1. The third-order valence-electron chi connectivity index (χ3n) is 5.76. The second-order valence-electron chi connectivity index (χ2n) is 8.68. The van der Waals surface area contributed by atoms with Crippen molar-refractivity contribution in [3.05, 3.63) is 82.9 Å². The second-order valence-corrected chi connectivity index (χ2v) is 8.68. The van der Waals surface area contributed by atoms with Crippen LogP contribution < -0.4 is 9.47 Å². The monoisotopic (exact) mass is 494 g/mol. The van der Waals surface area contributed by atoms with E-state index < -0.39 is 18.2 Å². The maximum atomic E-state index is 11.1. The lowest BCUT2D eigenvalue weighted by Crippen LogP contribution is -2.21. The fourth-order valence-electron chi connectivity index (χ4n) is 4.10. The van der Waals surface area contributed by atoms with Crippen LogP contribution in [0.15, 0.2) is 60.7 Å². The fourth-order valence-corrected chi connectivity index (χ4v) is 4.10. The van der Waals surface area contributed by atoms with E-state index in [4.69, 9.17) is 24.4 Å². The largest absolute Gasteiger partial charge is 0.491 e. The Morgan fingerprint density at radius 3 is 2.25 bits per heavy atom. The van der Waals surface area contributed by atoms with Gasteiger partial charge in [0.2, 0.25) is 0 Å². The van der Waals surface area contributed by atoms with Gasteiger partial charge in [0, 0.05) is 6.61 Å². The number of hydrogen-bond donors (Lipinski definition) is 3. The Balaban J connectivity index is 1.69. The van der Waals surface area contributed by atoms with Crippen molar-refractivity contribution in [1.82, 2.24) is 0 Å². The summed E-state index contributed by atoms with van der Waals surface area (Å²) in [5.41, 5.74) is 6.08. The van der Waals surface area contributed by atoms with Crippen LogP contribution in [0.25, 0.3) is 11.1 Å². The van der Waals surface area contributed by atoms with Gasteiger partial charge in [0.1, 0.15) is 30.8 Å². The van der Waals surface area contributed by atoms with E-state index in [2.05, 4.69) is 12.1 Å². The summed E-state index contributed by atoms with van der Waals surface area (Å²) in [5, 5.41) is 27.6. The van der Waals surface area contributed by atoms with E-state index >= 15 is 0 Å². The minimum absolute atomic E-state index is 0.0361. The van der Waals surface area contributed by atoms with E-state index in [-0.39, 0.29) is 19.6 Å². The van der Waals surface area contributed by atoms with Gasteiger partial charge in [0.15, 0.2) is 0 Å². The number of carboxylic acid groups (broad SMARTS) is 1. The van der Waals surface area contributed by atoms with Crippen molar-refractivity contribution in [2.45, 2.75) is 46.0 Å². The molecule has 7 nitrogen and oxygen atoms in total. The molecule has 0 bridgehead atoms. The van der Waals surface area contributed by atoms with E-state index in [1.807, 2.05) is 69.3 Å². The molecule has 36 heavy (non-hydrogen) atoms. The molecular weight excluding hydrogens is 460 g/mol. The number of aryl methyl sites for hydroxylation is 2. The SMILES string of the molecule is CCO[C@@H](CC(=O)O)c1ccc(OCc2cccc(-c3c(C)cc(OC[C@@H](O)CO)cc3C)c2)cc1. The fraction of sp³-hybridized carbons (Fsp3) is 0.345. The molecule has 0 fully saturated rings. The van der Waals surface area contributed by atoms with Gasteiger partial charge in [-0.15, -0.1) is 0 Å². The van der Waals surface area contributed by atoms with Gasteiger partial charge in [-0.1, -0.05) is 30.3 Å². The van der Waals surface area contributed by atoms with E-state index in [9.17, 15) is 9.90 Å². The van der Waals surface area contributed by atoms with E-state index in [1.54, 1.807) is 0 Å². The highest BCUT2D eigenvalue weighted by molar-refractivity contribution is 5.72. The summed E-state index contributed by atoms with van der Waals surface area (Å²) in [6.07, 6.45) is -1.48. The molecule has 0 aromatic heterocycles. The van der Waals surface area contributed by atoms with Crippen molar-refractivity contribution in [2.75, 3.05) is 19.8 Å². The van der Waals surface area contributed by atoms with E-state index in [0.29, 0.717) is 24.7 Å². The Kier molecular flexibility index (Phi) is 9.87. The van der Waals surface area contributed by atoms with Gasteiger partial charge in [0.25, 0.3) is 0 Å². The summed E-state index contributed by atoms with van der Waals surface area (Å²) >= 11 is 0. The molecule has 0 heterocycles. The smallest absolute Gasteiger partial charge is 0.306 e. The number of aliphatic hydroxyl groups excluding tert-OH is 2. The van der Waals surface area contributed by atoms with Crippen LogP contribution in [0.4, 0.5) is 0 Å². The van der Waals surface area contributed by atoms with Gasteiger partial charge in [-0.25, -0.2) is 0 Å². The average molecular weight is 495 g/mol. The molecule has 0 aliphatic carbocycles. The maximum absolute atomic E-state index is 11.1. The molecule has 3 N–H and O–H groups in total. The second kappa shape index (κ2) is 13.1. The Bertz CT molecular complexity index is 1120. The van der Waals surface area contributed by atoms with Crippen LogP contribution in [-0.4, -0.2) is 47.2 Å². The quantitative estimate of drug-likeness (QED) is 0.312. The van der Waals surface area contributed by atoms with Crippen molar-refractivity contribution in [2.24, 2.45) is 0 Å². The number of carboxylic acids is 1. The van der Waals surface area contributed by atoms with Gasteiger partial charge in [0.05, 0.1) is 19.1 Å². The number of benzene rings is 3. The molecule has 2 atom stereocenters. The highest BCUT2D eigenvalue weighted by Crippen LogP contribution is 2.32. The molecular formula is C29H34O7. The molecule has 0 aliphatic rings. The third-order valence-corrected chi connectivity index (χ3v) is 5.76. The molecule has 3 rings (SSSR count). The topological polar surface area (TPSA) is 105 Å². The minimum atomic E-state index is -0.908. The van der Waals surface area contributed by atoms with Gasteiger partial charge >= 0.3 is 5.97 Å². The Morgan fingerprint density at radius 2 is 1.64 bits per heavy atom. The van der Waals surface area contributed by atoms with Crippen LogP contribution in [0, 0.1) is 13.8 Å². The zero-order valence-electron chi connectivity index (χ0n) is 20.9. The predicted octanol–water partition coefficient (Wildman–Crippen LogP) is 4.83. The minimum Gasteiger partial charge on any atom is -0.491 e. The molecule has 192 valence electrons.